The number of methoxy groups -OCH3 is 2. The summed E-state index contributed by atoms with van der Waals surface area (Å²) in [5.41, 5.74) is 2.75. The molecule has 0 unspecified atom stereocenters. The first-order valence-electron chi connectivity index (χ1n) is 8.36. The lowest BCUT2D eigenvalue weighted by Crippen LogP contribution is -2.03. The highest BCUT2D eigenvalue weighted by atomic mass is 35.5. The molecule has 0 saturated heterocycles. The molecule has 0 bridgehead atoms. The molecule has 1 aromatic heterocycles. The number of hydrogen-bond donors (Lipinski definition) is 2. The van der Waals surface area contributed by atoms with Crippen LogP contribution in [0.3, 0.4) is 0 Å². The molecule has 7 heteroatoms. The van der Waals surface area contributed by atoms with Crippen LogP contribution >= 0.6 is 11.6 Å². The van der Waals surface area contributed by atoms with Crippen LogP contribution in [0.1, 0.15) is 11.4 Å². The van der Waals surface area contributed by atoms with E-state index in [1.54, 1.807) is 14.2 Å². The molecule has 0 aliphatic rings. The molecule has 0 radical (unpaired) electrons. The van der Waals surface area contributed by atoms with Gasteiger partial charge in [-0.15, -0.1) is 0 Å². The summed E-state index contributed by atoms with van der Waals surface area (Å²) in [6.45, 7) is 3.85. The van der Waals surface area contributed by atoms with Crippen LogP contribution < -0.4 is 20.1 Å². The monoisotopic (exact) mass is 384 g/mol. The fourth-order valence-corrected chi connectivity index (χ4v) is 2.77. The van der Waals surface area contributed by atoms with Crippen LogP contribution in [0.2, 0.25) is 5.02 Å². The highest BCUT2D eigenvalue weighted by Crippen LogP contribution is 2.32. The number of nitrogens with one attached hydrogen (secondary N) is 2. The lowest BCUT2D eigenvalue weighted by Gasteiger charge is -2.14. The summed E-state index contributed by atoms with van der Waals surface area (Å²) in [6.07, 6.45) is 0. The molecule has 0 aliphatic heterocycles. The van der Waals surface area contributed by atoms with Gasteiger partial charge in [0.1, 0.15) is 29.0 Å². The van der Waals surface area contributed by atoms with Gasteiger partial charge in [-0.05, 0) is 43.7 Å². The Morgan fingerprint density at radius 1 is 0.815 bits per heavy atom. The average Bonchev–Trinajstić information content (AvgIpc) is 2.64. The first kappa shape index (κ1) is 18.8. The first-order chi connectivity index (χ1) is 13.0. The van der Waals surface area contributed by atoms with E-state index in [1.807, 2.05) is 56.3 Å². The Labute approximate surface area is 163 Å². The second kappa shape index (κ2) is 8.14. The van der Waals surface area contributed by atoms with Crippen molar-refractivity contribution in [3.63, 3.8) is 0 Å². The van der Waals surface area contributed by atoms with Gasteiger partial charge in [0, 0.05) is 22.8 Å². The Morgan fingerprint density at radius 2 is 1.52 bits per heavy atom. The fourth-order valence-electron chi connectivity index (χ4n) is 2.60. The largest absolute Gasteiger partial charge is 0.497 e. The predicted octanol–water partition coefficient (Wildman–Crippen LogP) is 5.25. The molecule has 0 amide bonds. The first-order valence-corrected chi connectivity index (χ1v) is 8.74. The van der Waals surface area contributed by atoms with E-state index in [9.17, 15) is 0 Å². The van der Waals surface area contributed by atoms with Gasteiger partial charge in [0.05, 0.1) is 19.9 Å². The zero-order chi connectivity index (χ0) is 19.4. The molecule has 1 heterocycles. The molecule has 2 aromatic carbocycles. The molecular formula is C20H21ClN4O2. The van der Waals surface area contributed by atoms with E-state index in [4.69, 9.17) is 21.1 Å². The third kappa shape index (κ3) is 4.60. The van der Waals surface area contributed by atoms with Gasteiger partial charge in [-0.1, -0.05) is 17.7 Å². The molecule has 2 N–H and O–H groups in total. The Balaban J connectivity index is 1.89. The van der Waals surface area contributed by atoms with Gasteiger partial charge in [-0.3, -0.25) is 0 Å². The van der Waals surface area contributed by atoms with Crippen LogP contribution in [0.5, 0.6) is 11.5 Å². The highest BCUT2D eigenvalue weighted by molar-refractivity contribution is 6.30. The van der Waals surface area contributed by atoms with E-state index in [0.29, 0.717) is 28.2 Å². The van der Waals surface area contributed by atoms with Gasteiger partial charge in [0.15, 0.2) is 0 Å². The molecule has 3 rings (SSSR count). The Hall–Kier alpha value is -2.99. The van der Waals surface area contributed by atoms with E-state index in [1.165, 1.54) is 0 Å². The number of ether oxygens (including phenoxy) is 2. The lowest BCUT2D eigenvalue weighted by molar-refractivity contribution is 0.395. The van der Waals surface area contributed by atoms with Gasteiger partial charge < -0.3 is 20.1 Å². The number of aryl methyl sites for hydroxylation is 2. The number of anilines is 4. The van der Waals surface area contributed by atoms with Crippen molar-refractivity contribution in [1.82, 2.24) is 9.97 Å². The quantitative estimate of drug-likeness (QED) is 0.604. The second-order valence-electron chi connectivity index (χ2n) is 5.96. The molecule has 0 atom stereocenters. The van der Waals surface area contributed by atoms with Crippen LogP contribution in [0.25, 0.3) is 0 Å². The average molecular weight is 385 g/mol. The van der Waals surface area contributed by atoms with Crippen LogP contribution in [0, 0.1) is 13.8 Å². The lowest BCUT2D eigenvalue weighted by atomic mass is 10.2. The molecule has 6 nitrogen and oxygen atoms in total. The van der Waals surface area contributed by atoms with Crippen molar-refractivity contribution in [2.24, 2.45) is 0 Å². The zero-order valence-corrected chi connectivity index (χ0v) is 16.4. The van der Waals surface area contributed by atoms with Gasteiger partial charge in [-0.25, -0.2) is 9.97 Å². The molecule has 3 aromatic rings. The van der Waals surface area contributed by atoms with Gasteiger partial charge in [0.25, 0.3) is 0 Å². The summed E-state index contributed by atoms with van der Waals surface area (Å²) >= 11 is 6.10. The van der Waals surface area contributed by atoms with Gasteiger partial charge >= 0.3 is 0 Å². The SMILES string of the molecule is COc1ccc(Nc2cc(Nc3cc(Cl)ccc3C)nc(C)n2)c(OC)c1. The summed E-state index contributed by atoms with van der Waals surface area (Å²) < 4.78 is 10.7. The van der Waals surface area contributed by atoms with Crippen molar-refractivity contribution in [2.45, 2.75) is 13.8 Å². The van der Waals surface area contributed by atoms with Crippen molar-refractivity contribution in [3.8, 4) is 11.5 Å². The third-order valence-electron chi connectivity index (χ3n) is 3.97. The minimum absolute atomic E-state index is 0.634. The number of nitrogens with zero attached hydrogens (tertiary/aromatic N) is 2. The summed E-state index contributed by atoms with van der Waals surface area (Å²) in [5, 5.41) is 7.23. The molecule has 27 heavy (non-hydrogen) atoms. The topological polar surface area (TPSA) is 68.3 Å². The normalized spacial score (nSPS) is 10.4. The van der Waals surface area contributed by atoms with Crippen molar-refractivity contribution >= 4 is 34.6 Å². The number of benzene rings is 2. The minimum atomic E-state index is 0.634. The molecule has 0 spiro atoms. The molecule has 0 saturated carbocycles. The smallest absolute Gasteiger partial charge is 0.146 e. The number of halogens is 1. The summed E-state index contributed by atoms with van der Waals surface area (Å²) in [4.78, 5) is 8.91. The fraction of sp³-hybridized carbons (Fsp3) is 0.200. The van der Waals surface area contributed by atoms with E-state index in [2.05, 4.69) is 20.6 Å². The van der Waals surface area contributed by atoms with E-state index in [0.717, 1.165) is 22.7 Å². The van der Waals surface area contributed by atoms with E-state index < -0.39 is 0 Å². The predicted molar refractivity (Wildman–Crippen MR) is 109 cm³/mol. The second-order valence-corrected chi connectivity index (χ2v) is 6.40. The van der Waals surface area contributed by atoms with Crippen LogP contribution in [0.4, 0.5) is 23.0 Å². The summed E-state index contributed by atoms with van der Waals surface area (Å²) in [7, 11) is 3.23. The number of rotatable bonds is 6. The summed E-state index contributed by atoms with van der Waals surface area (Å²) in [5.74, 6) is 3.33. The maximum atomic E-state index is 6.10. The van der Waals surface area contributed by atoms with Crippen LogP contribution in [-0.4, -0.2) is 24.2 Å². The maximum Gasteiger partial charge on any atom is 0.146 e. The van der Waals surface area contributed by atoms with Crippen LogP contribution in [0.15, 0.2) is 42.5 Å². The molecule has 140 valence electrons. The molecule has 0 aliphatic carbocycles. The summed E-state index contributed by atoms with van der Waals surface area (Å²) in [6, 6.07) is 13.1. The van der Waals surface area contributed by atoms with E-state index in [-0.39, 0.29) is 0 Å². The highest BCUT2D eigenvalue weighted by Gasteiger charge is 2.09. The number of aromatic nitrogens is 2. The minimum Gasteiger partial charge on any atom is -0.497 e. The zero-order valence-electron chi connectivity index (χ0n) is 15.6. The Morgan fingerprint density at radius 3 is 2.19 bits per heavy atom. The van der Waals surface area contributed by atoms with Gasteiger partial charge in [-0.2, -0.15) is 0 Å². The molecule has 0 fully saturated rings. The standard InChI is InChI=1S/C20H21ClN4O2/c1-12-5-6-14(21)9-17(12)25-20-11-19(22-13(2)23-20)24-16-8-7-15(26-3)10-18(16)27-4/h5-11H,1-4H3,(H2,22,23,24,25). The van der Waals surface area contributed by atoms with Gasteiger partial charge in [0.2, 0.25) is 0 Å². The van der Waals surface area contributed by atoms with Crippen LogP contribution in [-0.2, 0) is 0 Å². The van der Waals surface area contributed by atoms with Crippen molar-refractivity contribution in [3.05, 3.63) is 58.9 Å². The van der Waals surface area contributed by atoms with Crippen molar-refractivity contribution in [2.75, 3.05) is 24.9 Å². The Bertz CT molecular complexity index is 963. The Kier molecular flexibility index (Phi) is 5.66. The molecular weight excluding hydrogens is 364 g/mol. The van der Waals surface area contributed by atoms with Crippen molar-refractivity contribution < 1.29 is 9.47 Å². The third-order valence-corrected chi connectivity index (χ3v) is 4.21. The van der Waals surface area contributed by atoms with E-state index >= 15 is 0 Å². The van der Waals surface area contributed by atoms with Crippen molar-refractivity contribution in [1.29, 1.82) is 0 Å². The maximum absolute atomic E-state index is 6.10. The number of hydrogen-bond acceptors (Lipinski definition) is 6.